The summed E-state index contributed by atoms with van der Waals surface area (Å²) in [7, 11) is 0. The van der Waals surface area contributed by atoms with Crippen molar-refractivity contribution in [3.63, 3.8) is 0 Å². The molecule has 2 rings (SSSR count). The van der Waals surface area contributed by atoms with E-state index < -0.39 is 0 Å². The Morgan fingerprint density at radius 2 is 2.22 bits per heavy atom. The summed E-state index contributed by atoms with van der Waals surface area (Å²) in [6.45, 7) is 6.23. The molecule has 0 bridgehead atoms. The van der Waals surface area contributed by atoms with Gasteiger partial charge in [-0.2, -0.15) is 0 Å². The molecule has 6 heteroatoms. The highest BCUT2D eigenvalue weighted by molar-refractivity contribution is 7.80. The molecule has 1 aromatic heterocycles. The van der Waals surface area contributed by atoms with E-state index in [4.69, 9.17) is 18.0 Å². The second kappa shape index (κ2) is 6.45. The van der Waals surface area contributed by atoms with Crippen molar-refractivity contribution in [1.82, 2.24) is 9.88 Å². The van der Waals surface area contributed by atoms with Crippen molar-refractivity contribution < 1.29 is 0 Å². The summed E-state index contributed by atoms with van der Waals surface area (Å²) in [5.74, 6) is 0. The van der Waals surface area contributed by atoms with Gasteiger partial charge in [-0.15, -0.1) is 11.3 Å². The summed E-state index contributed by atoms with van der Waals surface area (Å²) in [4.78, 5) is 9.74. The van der Waals surface area contributed by atoms with Crippen LogP contribution in [0.15, 0.2) is 11.6 Å². The van der Waals surface area contributed by atoms with Gasteiger partial charge >= 0.3 is 0 Å². The monoisotopic (exact) mass is 284 g/mol. The first-order valence-electron chi connectivity index (χ1n) is 6.40. The molecule has 4 nitrogen and oxygen atoms in total. The predicted molar refractivity (Wildman–Crippen MR) is 81.4 cm³/mol. The number of nitrogens with zero attached hydrogens (tertiary/aromatic N) is 3. The maximum absolute atomic E-state index is 5.85. The van der Waals surface area contributed by atoms with E-state index in [0.717, 1.165) is 44.2 Å². The number of thiocarbonyl (C=S) groups is 1. The minimum Gasteiger partial charge on any atom is -0.392 e. The van der Waals surface area contributed by atoms with Crippen LogP contribution in [0.3, 0.4) is 0 Å². The van der Waals surface area contributed by atoms with Crippen molar-refractivity contribution in [1.29, 1.82) is 0 Å². The molecular formula is C12H20N4S2. The summed E-state index contributed by atoms with van der Waals surface area (Å²) in [6, 6.07) is 0.267. The second-order valence-corrected chi connectivity index (χ2v) is 5.89. The molecule has 18 heavy (non-hydrogen) atoms. The highest BCUT2D eigenvalue weighted by Gasteiger charge is 2.25. The Morgan fingerprint density at radius 3 is 2.72 bits per heavy atom. The van der Waals surface area contributed by atoms with Crippen LogP contribution in [-0.2, 0) is 0 Å². The molecule has 2 heterocycles. The largest absolute Gasteiger partial charge is 0.392 e. The fourth-order valence-corrected chi connectivity index (χ4v) is 3.34. The minimum absolute atomic E-state index is 0.267. The third-order valence-corrected chi connectivity index (χ3v) is 4.44. The van der Waals surface area contributed by atoms with Gasteiger partial charge in [-0.1, -0.05) is 25.6 Å². The molecule has 1 aliphatic rings. The molecule has 0 saturated carbocycles. The SMILES string of the molecule is CCCC(C(N)=S)N1CCN(c2nccs2)CC1. The van der Waals surface area contributed by atoms with Gasteiger partial charge in [0.1, 0.15) is 0 Å². The van der Waals surface area contributed by atoms with Crippen LogP contribution in [0.2, 0.25) is 0 Å². The van der Waals surface area contributed by atoms with Crippen LogP contribution in [0.4, 0.5) is 5.13 Å². The van der Waals surface area contributed by atoms with Crippen molar-refractivity contribution in [2.45, 2.75) is 25.8 Å². The van der Waals surface area contributed by atoms with Gasteiger partial charge in [-0.3, -0.25) is 4.90 Å². The van der Waals surface area contributed by atoms with Crippen molar-refractivity contribution in [3.05, 3.63) is 11.6 Å². The number of hydrogen-bond acceptors (Lipinski definition) is 5. The Labute approximate surface area is 118 Å². The molecule has 0 aromatic carbocycles. The van der Waals surface area contributed by atoms with E-state index in [2.05, 4.69) is 21.7 Å². The summed E-state index contributed by atoms with van der Waals surface area (Å²) in [5.41, 5.74) is 5.85. The molecule has 2 N–H and O–H groups in total. The van der Waals surface area contributed by atoms with Crippen molar-refractivity contribution in [3.8, 4) is 0 Å². The number of aromatic nitrogens is 1. The van der Waals surface area contributed by atoms with E-state index in [1.54, 1.807) is 11.3 Å². The number of thiazole rings is 1. The molecular weight excluding hydrogens is 264 g/mol. The van der Waals surface area contributed by atoms with Gasteiger partial charge in [0.2, 0.25) is 0 Å². The zero-order chi connectivity index (χ0) is 13.0. The van der Waals surface area contributed by atoms with E-state index >= 15 is 0 Å². The molecule has 1 saturated heterocycles. The van der Waals surface area contributed by atoms with Gasteiger partial charge in [0, 0.05) is 37.8 Å². The van der Waals surface area contributed by atoms with Gasteiger partial charge in [0.15, 0.2) is 5.13 Å². The van der Waals surface area contributed by atoms with Crippen molar-refractivity contribution in [2.24, 2.45) is 5.73 Å². The molecule has 0 spiro atoms. The Morgan fingerprint density at radius 1 is 1.50 bits per heavy atom. The topological polar surface area (TPSA) is 45.4 Å². The summed E-state index contributed by atoms with van der Waals surface area (Å²) in [5, 5.41) is 3.15. The fraction of sp³-hybridized carbons (Fsp3) is 0.667. The van der Waals surface area contributed by atoms with Crippen LogP contribution in [0.1, 0.15) is 19.8 Å². The third-order valence-electron chi connectivity index (χ3n) is 3.34. The van der Waals surface area contributed by atoms with Gasteiger partial charge in [-0.25, -0.2) is 4.98 Å². The molecule has 100 valence electrons. The average molecular weight is 284 g/mol. The van der Waals surface area contributed by atoms with Crippen LogP contribution >= 0.6 is 23.6 Å². The highest BCUT2D eigenvalue weighted by atomic mass is 32.1. The Bertz CT molecular complexity index is 371. The second-order valence-electron chi connectivity index (χ2n) is 4.54. The van der Waals surface area contributed by atoms with Crippen LogP contribution in [-0.4, -0.2) is 47.1 Å². The first-order valence-corrected chi connectivity index (χ1v) is 7.69. The van der Waals surface area contributed by atoms with Gasteiger partial charge in [-0.05, 0) is 6.42 Å². The molecule has 1 fully saturated rings. The maximum Gasteiger partial charge on any atom is 0.185 e. The van der Waals surface area contributed by atoms with Crippen molar-refractivity contribution in [2.75, 3.05) is 31.1 Å². The van der Waals surface area contributed by atoms with Crippen molar-refractivity contribution >= 4 is 33.7 Å². The van der Waals surface area contributed by atoms with E-state index in [1.807, 2.05) is 11.6 Å². The lowest BCUT2D eigenvalue weighted by Crippen LogP contribution is -2.53. The number of piperazine rings is 1. The molecule has 1 aliphatic heterocycles. The lowest BCUT2D eigenvalue weighted by Gasteiger charge is -2.38. The van der Waals surface area contributed by atoms with E-state index in [1.165, 1.54) is 0 Å². The first kappa shape index (κ1) is 13.7. The van der Waals surface area contributed by atoms with Gasteiger partial charge in [0.25, 0.3) is 0 Å². The predicted octanol–water partition coefficient (Wildman–Crippen LogP) is 1.72. The smallest absolute Gasteiger partial charge is 0.185 e. The summed E-state index contributed by atoms with van der Waals surface area (Å²) >= 11 is 6.89. The Hall–Kier alpha value is -0.720. The molecule has 1 unspecified atom stereocenters. The normalized spacial score (nSPS) is 18.8. The number of nitrogens with two attached hydrogens (primary N) is 1. The maximum atomic E-state index is 5.85. The van der Waals surface area contributed by atoms with Crippen LogP contribution in [0.5, 0.6) is 0 Å². The third kappa shape index (κ3) is 3.18. The molecule has 1 atom stereocenters. The number of anilines is 1. The van der Waals surface area contributed by atoms with E-state index in [0.29, 0.717) is 4.99 Å². The average Bonchev–Trinajstić information content (AvgIpc) is 2.90. The van der Waals surface area contributed by atoms with Crippen LogP contribution in [0.25, 0.3) is 0 Å². The number of hydrogen-bond donors (Lipinski definition) is 1. The fourth-order valence-electron chi connectivity index (χ4n) is 2.38. The summed E-state index contributed by atoms with van der Waals surface area (Å²) < 4.78 is 0. The first-order chi connectivity index (χ1) is 8.72. The molecule has 0 aliphatic carbocycles. The van der Waals surface area contributed by atoms with Gasteiger partial charge < -0.3 is 10.6 Å². The molecule has 0 radical (unpaired) electrons. The standard InChI is InChI=1S/C12H20N4S2/c1-2-3-10(11(13)17)15-5-7-16(8-6-15)12-14-4-9-18-12/h4,9-10H,2-3,5-8H2,1H3,(H2,13,17). The van der Waals surface area contributed by atoms with Gasteiger partial charge in [0.05, 0.1) is 11.0 Å². The number of rotatable bonds is 5. The quantitative estimate of drug-likeness (QED) is 0.834. The van der Waals surface area contributed by atoms with E-state index in [9.17, 15) is 0 Å². The van der Waals surface area contributed by atoms with E-state index in [-0.39, 0.29) is 6.04 Å². The molecule has 0 amide bonds. The summed E-state index contributed by atoms with van der Waals surface area (Å²) in [6.07, 6.45) is 4.04. The highest BCUT2D eigenvalue weighted by Crippen LogP contribution is 2.20. The minimum atomic E-state index is 0.267. The Balaban J connectivity index is 1.91. The zero-order valence-corrected chi connectivity index (χ0v) is 12.3. The molecule has 1 aromatic rings. The lowest BCUT2D eigenvalue weighted by atomic mass is 10.1. The van der Waals surface area contributed by atoms with Crippen LogP contribution < -0.4 is 10.6 Å². The zero-order valence-electron chi connectivity index (χ0n) is 10.7. The Kier molecular flexibility index (Phi) is 4.91. The van der Waals surface area contributed by atoms with Crippen LogP contribution in [0, 0.1) is 0 Å². The lowest BCUT2D eigenvalue weighted by molar-refractivity contribution is 0.219.